The van der Waals surface area contributed by atoms with Crippen molar-refractivity contribution in [1.82, 2.24) is 44.5 Å². The van der Waals surface area contributed by atoms with E-state index in [1.807, 2.05) is 67.0 Å². The Hall–Kier alpha value is -5.85. The van der Waals surface area contributed by atoms with Crippen LogP contribution in [0.15, 0.2) is 71.5 Å². The predicted molar refractivity (Wildman–Crippen MR) is 291 cm³/mol. The number of aromatic nitrogens is 2. The van der Waals surface area contributed by atoms with E-state index in [0.29, 0.717) is 98.8 Å². The zero-order chi connectivity index (χ0) is 51.9. The molecule has 4 saturated heterocycles. The predicted octanol–water partition coefficient (Wildman–Crippen LogP) is 6.50. The fourth-order valence-corrected chi connectivity index (χ4v) is 11.7. The van der Waals surface area contributed by atoms with Crippen molar-refractivity contribution in [3.05, 3.63) is 111 Å². The van der Waals surface area contributed by atoms with Gasteiger partial charge in [-0.15, -0.1) is 0 Å². The van der Waals surface area contributed by atoms with Gasteiger partial charge in [-0.2, -0.15) is 18.6 Å². The quantitative estimate of drug-likeness (QED) is 0.166. The molecule has 404 valence electrons. The Bertz CT molecular complexity index is 2720. The normalized spacial score (nSPS) is 19.7. The molecule has 0 radical (unpaired) electrons. The first-order valence-electron chi connectivity index (χ1n) is 27.1. The number of hydrogen-bond acceptors (Lipinski definition) is 10. The van der Waals surface area contributed by atoms with Crippen molar-refractivity contribution in [2.24, 2.45) is 5.92 Å². The Morgan fingerprint density at radius 1 is 0.707 bits per heavy atom. The molecule has 5 heterocycles. The largest absolute Gasteiger partial charge is 0.444 e. The standard InChI is InChI=1S/C57H74FN9O7.H2S/c1-57(2,3)74-56(73)66-22-10-13-44(37-66)42-11-9-12-43(35-42)54(71)67(45-14-5-4-6-15-45)39-52(69)63-27-25-62(26-28-63)36-40-20-23-61(24-21-40)38-51(68)64-29-31-65(32-30-64)55(72)48-33-41(18-19-49(48)58)34-50-46-16-7-8-17-47(46)53(70)60-59-50;/h7-9,11-12,16-19,33,35,40,44-45H,4-6,10,13-15,20-32,34,36-39H2,1-3H3,(H,60,70);1H2. The number of ether oxygens (including phenoxy) is 1. The van der Waals surface area contributed by atoms with Crippen LogP contribution in [-0.4, -0.2) is 184 Å². The van der Waals surface area contributed by atoms with Gasteiger partial charge in [0.2, 0.25) is 11.8 Å². The molecule has 1 N–H and O–H groups in total. The van der Waals surface area contributed by atoms with E-state index in [-0.39, 0.29) is 66.9 Å². The molecule has 0 bridgehead atoms. The van der Waals surface area contributed by atoms with Crippen LogP contribution in [0, 0.1) is 11.7 Å². The smallest absolute Gasteiger partial charge is 0.410 e. The number of piperazine rings is 2. The maximum Gasteiger partial charge on any atom is 0.410 e. The first-order chi connectivity index (χ1) is 35.7. The first kappa shape index (κ1) is 55.4. The number of likely N-dealkylation sites (tertiary alicyclic amines) is 2. The van der Waals surface area contributed by atoms with Gasteiger partial charge in [0, 0.05) is 101 Å². The molecule has 1 aromatic heterocycles. The lowest BCUT2D eigenvalue weighted by molar-refractivity contribution is -0.135. The maximum absolute atomic E-state index is 15.1. The van der Waals surface area contributed by atoms with Crippen molar-refractivity contribution in [2.45, 2.75) is 103 Å². The van der Waals surface area contributed by atoms with Crippen LogP contribution in [0.4, 0.5) is 9.18 Å². The number of nitrogens with one attached hydrogen (secondary N) is 1. The number of halogens is 1. The number of fused-ring (bicyclic) bond motifs is 1. The number of nitrogens with zero attached hydrogens (tertiary/aromatic N) is 8. The zero-order valence-corrected chi connectivity index (χ0v) is 45.1. The Labute approximate surface area is 447 Å². The van der Waals surface area contributed by atoms with Crippen molar-refractivity contribution in [1.29, 1.82) is 0 Å². The van der Waals surface area contributed by atoms with Gasteiger partial charge in [0.25, 0.3) is 17.4 Å². The van der Waals surface area contributed by atoms with Gasteiger partial charge >= 0.3 is 6.09 Å². The Morgan fingerprint density at radius 2 is 1.39 bits per heavy atom. The second-order valence-electron chi connectivity index (χ2n) is 22.2. The van der Waals surface area contributed by atoms with Crippen molar-refractivity contribution in [2.75, 3.05) is 98.2 Å². The zero-order valence-electron chi connectivity index (χ0n) is 44.1. The van der Waals surface area contributed by atoms with Crippen LogP contribution < -0.4 is 5.56 Å². The first-order valence-corrected chi connectivity index (χ1v) is 27.1. The molecule has 1 unspecified atom stereocenters. The number of carbonyl (C=O) groups is 5. The van der Waals surface area contributed by atoms with Gasteiger partial charge in [-0.25, -0.2) is 14.3 Å². The van der Waals surface area contributed by atoms with Crippen LogP contribution >= 0.6 is 13.5 Å². The average molecular weight is 1050 g/mol. The fraction of sp³-hybridized carbons (Fsp3) is 0.561. The van der Waals surface area contributed by atoms with Crippen LogP contribution in [0.25, 0.3) is 10.8 Å². The van der Waals surface area contributed by atoms with E-state index >= 15 is 4.39 Å². The molecule has 3 aromatic carbocycles. The number of benzene rings is 3. The number of amides is 5. The van der Waals surface area contributed by atoms with E-state index in [9.17, 15) is 28.8 Å². The van der Waals surface area contributed by atoms with E-state index in [1.165, 1.54) is 6.07 Å². The number of carbonyl (C=O) groups excluding carboxylic acids is 5. The second kappa shape index (κ2) is 24.9. The average Bonchev–Trinajstić information content (AvgIpc) is 3.42. The summed E-state index contributed by atoms with van der Waals surface area (Å²) in [6.07, 6.45) is 8.77. The lowest BCUT2D eigenvalue weighted by atomic mass is 9.89. The molecule has 18 heteroatoms. The Morgan fingerprint density at radius 3 is 2.11 bits per heavy atom. The summed E-state index contributed by atoms with van der Waals surface area (Å²) < 4.78 is 20.8. The molecule has 1 saturated carbocycles. The Kier molecular flexibility index (Phi) is 18.4. The second-order valence-corrected chi connectivity index (χ2v) is 22.2. The molecule has 0 spiro atoms. The third-order valence-electron chi connectivity index (χ3n) is 15.9. The summed E-state index contributed by atoms with van der Waals surface area (Å²) in [5.41, 5.74) is 2.06. The van der Waals surface area contributed by atoms with Crippen LogP contribution in [0.1, 0.15) is 122 Å². The molecule has 4 aromatic rings. The summed E-state index contributed by atoms with van der Waals surface area (Å²) >= 11 is 0. The summed E-state index contributed by atoms with van der Waals surface area (Å²) in [7, 11) is 0. The maximum atomic E-state index is 15.1. The van der Waals surface area contributed by atoms with Crippen molar-refractivity contribution >= 4 is 54.0 Å². The number of H-pyrrole nitrogens is 1. The molecule has 16 nitrogen and oxygen atoms in total. The molecular weight excluding hydrogens is 974 g/mol. The van der Waals surface area contributed by atoms with Crippen molar-refractivity contribution in [3.63, 3.8) is 0 Å². The van der Waals surface area contributed by atoms with Crippen LogP contribution in [0.3, 0.4) is 0 Å². The molecule has 1 atom stereocenters. The monoisotopic (exact) mass is 1050 g/mol. The van der Waals surface area contributed by atoms with E-state index in [1.54, 1.807) is 39.0 Å². The van der Waals surface area contributed by atoms with Gasteiger partial charge in [-0.3, -0.25) is 33.8 Å². The summed E-state index contributed by atoms with van der Waals surface area (Å²) in [5, 5.41) is 7.99. The molecule has 5 fully saturated rings. The third kappa shape index (κ3) is 14.0. The van der Waals surface area contributed by atoms with Crippen molar-refractivity contribution < 1.29 is 33.1 Å². The SMILES string of the molecule is CC(C)(C)OC(=O)N1CCCC(c2cccc(C(=O)N(CC(=O)N3CCN(CC4CCN(CC(=O)N5CCN(C(=O)c6cc(Cc7n[nH]c(=O)c8ccccc78)ccc6F)CC5)CC4)CC3)C3CCCCC3)c2)C1.S. The van der Waals surface area contributed by atoms with E-state index in [2.05, 4.69) is 20.0 Å². The van der Waals surface area contributed by atoms with Gasteiger partial charge in [-0.1, -0.05) is 55.7 Å². The molecular formula is C57H76FN9O7S. The highest BCUT2D eigenvalue weighted by atomic mass is 32.1. The summed E-state index contributed by atoms with van der Waals surface area (Å²) in [5.74, 6) is -0.496. The molecule has 75 heavy (non-hydrogen) atoms. The van der Waals surface area contributed by atoms with Gasteiger partial charge < -0.3 is 29.2 Å². The molecule has 1 aliphatic carbocycles. The van der Waals surface area contributed by atoms with Gasteiger partial charge in [0.15, 0.2) is 0 Å². The number of rotatable bonds is 12. The highest BCUT2D eigenvalue weighted by Gasteiger charge is 2.34. The summed E-state index contributed by atoms with van der Waals surface area (Å²) in [6.45, 7) is 14.0. The lowest BCUT2D eigenvalue weighted by Gasteiger charge is -2.40. The minimum atomic E-state index is -0.607. The van der Waals surface area contributed by atoms with E-state index in [0.717, 1.165) is 96.1 Å². The molecule has 5 aliphatic rings. The summed E-state index contributed by atoms with van der Waals surface area (Å²) in [6, 6.07) is 19.5. The van der Waals surface area contributed by atoms with Crippen LogP contribution in [0.5, 0.6) is 0 Å². The molecule has 5 amide bonds. The highest BCUT2D eigenvalue weighted by molar-refractivity contribution is 7.59. The number of piperidine rings is 2. The van der Waals surface area contributed by atoms with Gasteiger partial charge in [-0.05, 0) is 120 Å². The molecule has 4 aliphatic heterocycles. The van der Waals surface area contributed by atoms with Crippen molar-refractivity contribution in [3.8, 4) is 0 Å². The summed E-state index contributed by atoms with van der Waals surface area (Å²) in [4.78, 5) is 94.5. The van der Waals surface area contributed by atoms with Gasteiger partial charge in [0.1, 0.15) is 18.0 Å². The Balaban J connectivity index is 0.00000747. The third-order valence-corrected chi connectivity index (χ3v) is 15.9. The fourth-order valence-electron chi connectivity index (χ4n) is 11.7. The van der Waals surface area contributed by atoms with E-state index in [4.69, 9.17) is 4.74 Å². The minimum absolute atomic E-state index is 0. The molecule has 9 rings (SSSR count). The highest BCUT2D eigenvalue weighted by Crippen LogP contribution is 2.31. The lowest BCUT2D eigenvalue weighted by Crippen LogP contribution is -2.54. The van der Waals surface area contributed by atoms with Gasteiger partial charge in [0.05, 0.1) is 23.2 Å². The number of hydrogen-bond donors (Lipinski definition) is 1. The minimum Gasteiger partial charge on any atom is -0.444 e. The number of aromatic amines is 1. The van der Waals surface area contributed by atoms with Crippen LogP contribution in [0.2, 0.25) is 0 Å². The van der Waals surface area contributed by atoms with Crippen LogP contribution in [-0.2, 0) is 20.7 Å². The van der Waals surface area contributed by atoms with E-state index < -0.39 is 17.3 Å². The topological polar surface area (TPSA) is 163 Å².